The summed E-state index contributed by atoms with van der Waals surface area (Å²) in [5.74, 6) is -1.70. The Morgan fingerprint density at radius 3 is 1.10 bits per heavy atom. The second kappa shape index (κ2) is 15.8. The summed E-state index contributed by atoms with van der Waals surface area (Å²) in [6, 6.07) is 14.6. The van der Waals surface area contributed by atoms with E-state index in [1.165, 1.54) is 12.1 Å². The third kappa shape index (κ3) is 9.07. The maximum atomic E-state index is 12.3. The first kappa shape index (κ1) is 45.0. The third-order valence-corrected chi connectivity index (χ3v) is 12.1. The monoisotopic (exact) mass is 895 g/mol. The molecule has 10 N–H and O–H groups in total. The summed E-state index contributed by atoms with van der Waals surface area (Å²) in [7, 11) is -19.7. The fourth-order valence-electron chi connectivity index (χ4n) is 5.97. The number of phenolic OH excluding ortho intramolecular Hbond substituents is 2. The molecule has 0 aromatic heterocycles. The van der Waals surface area contributed by atoms with Crippen molar-refractivity contribution in [2.45, 2.75) is 33.4 Å². The molecule has 0 aliphatic carbocycles. The molecule has 0 saturated heterocycles. The molecule has 0 atom stereocenters. The number of azo groups is 2. The molecule has 20 nitrogen and oxygen atoms in total. The number of aryl methyl sites for hydroxylation is 2. The van der Waals surface area contributed by atoms with E-state index in [4.69, 9.17) is 11.5 Å². The molecular formula is C34H28N6NaO14S4. The Morgan fingerprint density at radius 2 is 0.814 bits per heavy atom. The Morgan fingerprint density at radius 1 is 0.475 bits per heavy atom. The van der Waals surface area contributed by atoms with Crippen LogP contribution in [0.1, 0.15) is 11.1 Å². The van der Waals surface area contributed by atoms with Crippen LogP contribution in [-0.2, 0) is 40.5 Å². The molecule has 6 aromatic rings. The number of rotatable bonds is 9. The number of aromatic hydroxyl groups is 2. The number of hydrogen-bond donors (Lipinski definition) is 8. The van der Waals surface area contributed by atoms with E-state index in [-0.39, 0.29) is 73.9 Å². The Labute approximate surface area is 357 Å². The summed E-state index contributed by atoms with van der Waals surface area (Å²) < 4.78 is 134. The molecule has 303 valence electrons. The number of anilines is 2. The summed E-state index contributed by atoms with van der Waals surface area (Å²) in [5, 5.41) is 36.9. The number of nitrogens with zero attached hydrogens (tertiary/aromatic N) is 4. The molecule has 0 bridgehead atoms. The number of nitrogen functional groups attached to an aromatic ring is 2. The van der Waals surface area contributed by atoms with E-state index < -0.39 is 82.9 Å². The average Bonchev–Trinajstić information content (AvgIpc) is 3.09. The number of fused-ring (bicyclic) bond motifs is 2. The van der Waals surface area contributed by atoms with Crippen molar-refractivity contribution in [3.63, 3.8) is 0 Å². The number of hydrogen-bond acceptors (Lipinski definition) is 16. The first-order chi connectivity index (χ1) is 26.8. The minimum absolute atomic E-state index is 0. The van der Waals surface area contributed by atoms with Gasteiger partial charge in [-0.1, -0.05) is 12.1 Å². The quantitative estimate of drug-likeness (QED) is 0.0342. The van der Waals surface area contributed by atoms with Crippen molar-refractivity contribution in [1.29, 1.82) is 0 Å². The first-order valence-corrected chi connectivity index (χ1v) is 21.6. The molecule has 6 aromatic carbocycles. The van der Waals surface area contributed by atoms with Crippen LogP contribution < -0.4 is 11.5 Å². The summed E-state index contributed by atoms with van der Waals surface area (Å²) in [4.78, 5) is -3.25. The van der Waals surface area contributed by atoms with E-state index in [9.17, 15) is 62.1 Å². The molecule has 0 fully saturated rings. The van der Waals surface area contributed by atoms with Crippen LogP contribution in [0.5, 0.6) is 11.5 Å². The van der Waals surface area contributed by atoms with Gasteiger partial charge in [0.2, 0.25) is 0 Å². The topological polar surface area (TPSA) is 359 Å². The minimum atomic E-state index is -5.08. The van der Waals surface area contributed by atoms with E-state index in [1.54, 1.807) is 38.1 Å². The zero-order valence-corrected chi connectivity index (χ0v) is 35.7. The van der Waals surface area contributed by atoms with Gasteiger partial charge in [0.05, 0.1) is 21.2 Å². The molecule has 0 unspecified atom stereocenters. The fraction of sp³-hybridized carbons (Fsp3) is 0.0588. The van der Waals surface area contributed by atoms with Crippen LogP contribution >= 0.6 is 0 Å². The molecule has 0 amide bonds. The number of benzene rings is 6. The Bertz CT molecular complexity index is 3090. The van der Waals surface area contributed by atoms with Crippen LogP contribution in [-0.4, -0.2) is 91.7 Å². The van der Waals surface area contributed by atoms with Gasteiger partial charge in [-0.25, -0.2) is 0 Å². The number of nitrogens with two attached hydrogens (primary N) is 2. The van der Waals surface area contributed by atoms with Crippen molar-refractivity contribution in [2.24, 2.45) is 20.5 Å². The van der Waals surface area contributed by atoms with E-state index >= 15 is 0 Å². The molecule has 0 aliphatic heterocycles. The van der Waals surface area contributed by atoms with Gasteiger partial charge < -0.3 is 21.7 Å². The van der Waals surface area contributed by atoms with E-state index in [2.05, 4.69) is 20.5 Å². The first-order valence-electron chi connectivity index (χ1n) is 15.9. The average molecular weight is 896 g/mol. The van der Waals surface area contributed by atoms with Gasteiger partial charge in [-0.3, -0.25) is 18.2 Å². The molecule has 59 heavy (non-hydrogen) atoms. The van der Waals surface area contributed by atoms with Crippen LogP contribution in [0.2, 0.25) is 0 Å². The molecule has 0 heterocycles. The second-order valence-corrected chi connectivity index (χ2v) is 18.3. The SMILES string of the molecule is Cc1cc(-c2ccc(N=Nc3c(S(=O)(=O)O)cc4cc(S(=O)(=O)O)cc(N)c4c3O)c(C)c2)ccc1N=Nc1c(S(=O)(=O)O)cc2cc(S(=O)(=O)O)cc(N)c2c1O.[Na]. The van der Waals surface area contributed by atoms with Crippen molar-refractivity contribution < 1.29 is 62.1 Å². The van der Waals surface area contributed by atoms with Gasteiger partial charge in [-0.15, -0.1) is 10.2 Å². The number of phenols is 2. The Kier molecular flexibility index (Phi) is 12.1. The van der Waals surface area contributed by atoms with Crippen molar-refractivity contribution in [3.8, 4) is 22.6 Å². The summed E-state index contributed by atoms with van der Waals surface area (Å²) in [5.41, 5.74) is 12.4. The molecule has 0 saturated carbocycles. The predicted molar refractivity (Wildman–Crippen MR) is 215 cm³/mol. The van der Waals surface area contributed by atoms with Crippen molar-refractivity contribution in [3.05, 3.63) is 83.9 Å². The van der Waals surface area contributed by atoms with Crippen molar-refractivity contribution in [2.75, 3.05) is 11.5 Å². The molecule has 0 aliphatic rings. The Balaban J connectivity index is 0.00000661. The molecular weight excluding hydrogens is 868 g/mol. The largest absolute Gasteiger partial charge is 0.505 e. The van der Waals surface area contributed by atoms with Gasteiger partial charge in [-0.2, -0.15) is 43.9 Å². The predicted octanol–water partition coefficient (Wildman–Crippen LogP) is 6.29. The third-order valence-electron chi connectivity index (χ3n) is 8.70. The van der Waals surface area contributed by atoms with Gasteiger partial charge in [0.1, 0.15) is 21.2 Å². The minimum Gasteiger partial charge on any atom is -0.505 e. The Hall–Kier alpha value is -5.12. The zero-order chi connectivity index (χ0) is 42.9. The maximum absolute atomic E-state index is 12.3. The normalized spacial score (nSPS) is 12.8. The smallest absolute Gasteiger partial charge is 0.296 e. The van der Waals surface area contributed by atoms with E-state index in [0.717, 1.165) is 36.4 Å². The zero-order valence-electron chi connectivity index (χ0n) is 30.5. The molecule has 6 rings (SSSR count). The maximum Gasteiger partial charge on any atom is 0.296 e. The van der Waals surface area contributed by atoms with Gasteiger partial charge in [0.25, 0.3) is 40.5 Å². The van der Waals surface area contributed by atoms with Gasteiger partial charge >= 0.3 is 0 Å². The van der Waals surface area contributed by atoms with Crippen LogP contribution in [0.25, 0.3) is 32.7 Å². The molecule has 25 heteroatoms. The van der Waals surface area contributed by atoms with E-state index in [0.29, 0.717) is 22.3 Å². The summed E-state index contributed by atoms with van der Waals surface area (Å²) >= 11 is 0. The van der Waals surface area contributed by atoms with Gasteiger partial charge in [0.15, 0.2) is 11.5 Å². The second-order valence-electron chi connectivity index (χ2n) is 12.7. The molecule has 1 radical (unpaired) electrons. The summed E-state index contributed by atoms with van der Waals surface area (Å²) in [6.45, 7) is 3.29. The standard InChI is InChI=1S/C34H28N6O14S4.Na/c1-15-7-17(3-5-25(15)37-39-31-27(57(49,50)51)11-19-9-21(55(43,44)45)13-23(35)29(19)33(31)41)18-4-6-26(16(2)8-18)38-40-32-28(58(52,53)54)12-20-10-22(56(46,47)48)14-24(36)30(20)34(32)42;/h3-14,41-42H,35-36H2,1-2H3,(H,43,44,45)(H,46,47,48)(H,49,50,51)(H,52,53,54);. The van der Waals surface area contributed by atoms with Crippen LogP contribution in [0.3, 0.4) is 0 Å². The van der Waals surface area contributed by atoms with Crippen molar-refractivity contribution >= 4 is 126 Å². The van der Waals surface area contributed by atoms with Crippen LogP contribution in [0.15, 0.2) is 113 Å². The fourth-order valence-corrected chi connectivity index (χ4v) is 8.39. The van der Waals surface area contributed by atoms with Crippen molar-refractivity contribution in [1.82, 2.24) is 0 Å². The van der Waals surface area contributed by atoms with Crippen LogP contribution in [0, 0.1) is 13.8 Å². The van der Waals surface area contributed by atoms with E-state index in [1.807, 2.05) is 0 Å². The van der Waals surface area contributed by atoms with Gasteiger partial charge in [-0.05, 0) is 108 Å². The van der Waals surface area contributed by atoms with Crippen LogP contribution in [0.4, 0.5) is 34.1 Å². The van der Waals surface area contributed by atoms with Gasteiger partial charge in [0, 0.05) is 51.7 Å². The summed E-state index contributed by atoms with van der Waals surface area (Å²) in [6.07, 6.45) is 0. The molecule has 0 spiro atoms.